The molecular formula is C18H15N3O6. The van der Waals surface area contributed by atoms with Crippen LogP contribution in [0.15, 0.2) is 42.5 Å². The Morgan fingerprint density at radius 2 is 1.85 bits per heavy atom. The molecule has 1 N–H and O–H groups in total. The van der Waals surface area contributed by atoms with E-state index in [9.17, 15) is 24.5 Å². The maximum absolute atomic E-state index is 12.6. The first-order chi connectivity index (χ1) is 12.9. The van der Waals surface area contributed by atoms with E-state index in [1.54, 1.807) is 24.3 Å². The second kappa shape index (κ2) is 6.87. The van der Waals surface area contributed by atoms with Gasteiger partial charge in [0.25, 0.3) is 17.5 Å². The molecule has 0 radical (unpaired) electrons. The van der Waals surface area contributed by atoms with Crippen LogP contribution < -0.4 is 10.1 Å². The van der Waals surface area contributed by atoms with Crippen LogP contribution in [-0.4, -0.2) is 40.7 Å². The first-order valence-electron chi connectivity index (χ1n) is 7.96. The van der Waals surface area contributed by atoms with Gasteiger partial charge < -0.3 is 10.1 Å². The van der Waals surface area contributed by atoms with Crippen molar-refractivity contribution in [3.8, 4) is 5.75 Å². The highest BCUT2D eigenvalue weighted by molar-refractivity contribution is 6.24. The van der Waals surface area contributed by atoms with E-state index in [1.807, 2.05) is 0 Å². The van der Waals surface area contributed by atoms with Crippen LogP contribution in [0.5, 0.6) is 5.75 Å². The van der Waals surface area contributed by atoms with Crippen LogP contribution >= 0.6 is 0 Å². The summed E-state index contributed by atoms with van der Waals surface area (Å²) in [6.07, 6.45) is 0. The Kier molecular flexibility index (Phi) is 4.59. The fraction of sp³-hybridized carbons (Fsp3) is 0.167. The first-order valence-corrected chi connectivity index (χ1v) is 7.96. The summed E-state index contributed by atoms with van der Waals surface area (Å²) in [7, 11) is 1.44. The zero-order chi connectivity index (χ0) is 19.7. The van der Waals surface area contributed by atoms with E-state index in [2.05, 4.69) is 5.32 Å². The predicted octanol–water partition coefficient (Wildman–Crippen LogP) is 2.23. The largest absolute Gasteiger partial charge is 0.495 e. The average molecular weight is 369 g/mol. The number of rotatable bonds is 5. The lowest BCUT2D eigenvalue weighted by Crippen LogP contribution is -2.45. The van der Waals surface area contributed by atoms with Gasteiger partial charge in [0.05, 0.1) is 23.3 Å². The van der Waals surface area contributed by atoms with Crippen molar-refractivity contribution in [2.45, 2.75) is 13.0 Å². The van der Waals surface area contributed by atoms with Crippen molar-refractivity contribution >= 4 is 29.1 Å². The third-order valence-electron chi connectivity index (χ3n) is 4.25. The van der Waals surface area contributed by atoms with Crippen LogP contribution in [0.2, 0.25) is 0 Å². The summed E-state index contributed by atoms with van der Waals surface area (Å²) in [6.45, 7) is 1.37. The molecule has 0 bridgehead atoms. The Labute approximate surface area is 153 Å². The van der Waals surface area contributed by atoms with E-state index >= 15 is 0 Å². The van der Waals surface area contributed by atoms with E-state index in [-0.39, 0.29) is 11.1 Å². The van der Waals surface area contributed by atoms with Crippen molar-refractivity contribution in [2.24, 2.45) is 0 Å². The molecular weight excluding hydrogens is 354 g/mol. The molecule has 1 atom stereocenters. The first kappa shape index (κ1) is 18.1. The third-order valence-corrected chi connectivity index (χ3v) is 4.25. The number of para-hydroxylation sites is 2. The molecule has 0 spiro atoms. The summed E-state index contributed by atoms with van der Waals surface area (Å²) in [4.78, 5) is 49.0. The van der Waals surface area contributed by atoms with Gasteiger partial charge in [0.2, 0.25) is 5.91 Å². The molecule has 0 unspecified atom stereocenters. The predicted molar refractivity (Wildman–Crippen MR) is 94.7 cm³/mol. The normalized spacial score (nSPS) is 13.9. The highest BCUT2D eigenvalue weighted by Gasteiger charge is 2.44. The quantitative estimate of drug-likeness (QED) is 0.490. The second-order valence-corrected chi connectivity index (χ2v) is 5.80. The van der Waals surface area contributed by atoms with Gasteiger partial charge in [-0.05, 0) is 25.1 Å². The number of hydrogen-bond donors (Lipinski definition) is 1. The van der Waals surface area contributed by atoms with Gasteiger partial charge in [-0.2, -0.15) is 0 Å². The molecule has 138 valence electrons. The summed E-state index contributed by atoms with van der Waals surface area (Å²) < 4.78 is 5.15. The Bertz CT molecular complexity index is 971. The van der Waals surface area contributed by atoms with Crippen LogP contribution in [0.3, 0.4) is 0 Å². The zero-order valence-corrected chi connectivity index (χ0v) is 14.5. The van der Waals surface area contributed by atoms with Gasteiger partial charge in [0.1, 0.15) is 17.4 Å². The number of nitrogens with zero attached hydrogens (tertiary/aromatic N) is 2. The minimum absolute atomic E-state index is 0.0915. The molecule has 9 heteroatoms. The fourth-order valence-electron chi connectivity index (χ4n) is 2.89. The molecule has 9 nitrogen and oxygen atoms in total. The van der Waals surface area contributed by atoms with E-state index in [4.69, 9.17) is 4.74 Å². The Morgan fingerprint density at radius 3 is 2.52 bits per heavy atom. The summed E-state index contributed by atoms with van der Waals surface area (Å²) in [5, 5.41) is 13.8. The number of hydrogen-bond acceptors (Lipinski definition) is 6. The highest BCUT2D eigenvalue weighted by atomic mass is 16.6. The molecule has 0 aliphatic carbocycles. The standard InChI is InChI=1S/C18H15N3O6/c1-10(16(22)19-12-7-3-4-9-14(12)27-2)20-17(23)11-6-5-8-13(21(25)26)15(11)18(20)24/h3-10H,1-2H3,(H,19,22)/t10-/m0/s1. The average Bonchev–Trinajstić information content (AvgIpc) is 2.92. The monoisotopic (exact) mass is 369 g/mol. The van der Waals surface area contributed by atoms with Gasteiger partial charge in [0.15, 0.2) is 0 Å². The number of methoxy groups -OCH3 is 1. The summed E-state index contributed by atoms with van der Waals surface area (Å²) >= 11 is 0. The van der Waals surface area contributed by atoms with Crippen LogP contribution in [0.1, 0.15) is 27.6 Å². The minimum Gasteiger partial charge on any atom is -0.495 e. The number of fused-ring (bicyclic) bond motifs is 1. The molecule has 1 heterocycles. The maximum Gasteiger partial charge on any atom is 0.282 e. The lowest BCUT2D eigenvalue weighted by molar-refractivity contribution is -0.385. The molecule has 27 heavy (non-hydrogen) atoms. The van der Waals surface area contributed by atoms with Crippen LogP contribution in [-0.2, 0) is 4.79 Å². The fourth-order valence-corrected chi connectivity index (χ4v) is 2.89. The number of benzene rings is 2. The summed E-state index contributed by atoms with van der Waals surface area (Å²) in [5.41, 5.74) is -0.485. The molecule has 0 fully saturated rings. The Balaban J connectivity index is 1.89. The van der Waals surface area contributed by atoms with Crippen molar-refractivity contribution in [3.05, 3.63) is 63.7 Å². The number of nitro groups is 1. The molecule has 2 aromatic rings. The molecule has 0 saturated heterocycles. The number of imide groups is 1. The van der Waals surface area contributed by atoms with Crippen molar-refractivity contribution in [1.29, 1.82) is 0 Å². The molecule has 0 aromatic heterocycles. The number of ether oxygens (including phenoxy) is 1. The number of carbonyl (C=O) groups is 3. The SMILES string of the molecule is COc1ccccc1NC(=O)[C@H](C)N1C(=O)c2cccc([N+](=O)[O-])c2C1=O. The lowest BCUT2D eigenvalue weighted by Gasteiger charge is -2.22. The van der Waals surface area contributed by atoms with Gasteiger partial charge in [-0.1, -0.05) is 18.2 Å². The van der Waals surface area contributed by atoms with Gasteiger partial charge >= 0.3 is 0 Å². The highest BCUT2D eigenvalue weighted by Crippen LogP contribution is 2.32. The number of nitrogens with one attached hydrogen (secondary N) is 1. The lowest BCUT2D eigenvalue weighted by atomic mass is 10.1. The third kappa shape index (κ3) is 2.99. The van der Waals surface area contributed by atoms with E-state index in [0.29, 0.717) is 11.4 Å². The number of anilines is 1. The molecule has 3 amide bonds. The maximum atomic E-state index is 12.6. The van der Waals surface area contributed by atoms with Crippen molar-refractivity contribution in [1.82, 2.24) is 4.90 Å². The van der Waals surface area contributed by atoms with Crippen LogP contribution in [0, 0.1) is 10.1 Å². The van der Waals surface area contributed by atoms with Gasteiger partial charge in [-0.15, -0.1) is 0 Å². The molecule has 0 saturated carbocycles. The smallest absolute Gasteiger partial charge is 0.282 e. The van der Waals surface area contributed by atoms with Crippen LogP contribution in [0.4, 0.5) is 11.4 Å². The minimum atomic E-state index is -1.18. The van der Waals surface area contributed by atoms with Crippen molar-refractivity contribution in [2.75, 3.05) is 12.4 Å². The Hall–Kier alpha value is -3.75. The van der Waals surface area contributed by atoms with Gasteiger partial charge in [0, 0.05) is 6.07 Å². The van der Waals surface area contributed by atoms with Gasteiger partial charge in [-0.25, -0.2) is 0 Å². The van der Waals surface area contributed by atoms with E-state index < -0.39 is 34.4 Å². The molecule has 3 rings (SSSR count). The molecule has 1 aliphatic rings. The summed E-state index contributed by atoms with van der Waals surface area (Å²) in [6, 6.07) is 9.28. The number of carbonyl (C=O) groups excluding carboxylic acids is 3. The number of nitro benzene ring substituents is 1. The van der Waals surface area contributed by atoms with Crippen molar-refractivity contribution < 1.29 is 24.0 Å². The number of amides is 3. The molecule has 2 aromatic carbocycles. The van der Waals surface area contributed by atoms with Crippen molar-refractivity contribution in [3.63, 3.8) is 0 Å². The van der Waals surface area contributed by atoms with E-state index in [0.717, 1.165) is 11.0 Å². The Morgan fingerprint density at radius 1 is 1.15 bits per heavy atom. The van der Waals surface area contributed by atoms with Crippen LogP contribution in [0.25, 0.3) is 0 Å². The van der Waals surface area contributed by atoms with E-state index in [1.165, 1.54) is 26.2 Å². The second-order valence-electron chi connectivity index (χ2n) is 5.80. The topological polar surface area (TPSA) is 119 Å². The molecule has 1 aliphatic heterocycles. The summed E-state index contributed by atoms with van der Waals surface area (Å²) in [5.74, 6) is -1.83. The zero-order valence-electron chi connectivity index (χ0n) is 14.5. The van der Waals surface area contributed by atoms with Gasteiger partial charge in [-0.3, -0.25) is 29.4 Å².